The molecule has 8 heteroatoms. The molecule has 0 heterocycles. The van der Waals surface area contributed by atoms with Crippen LogP contribution in [0, 0.1) is 5.92 Å². The summed E-state index contributed by atoms with van der Waals surface area (Å²) in [7, 11) is 0. The van der Waals surface area contributed by atoms with Crippen LogP contribution in [0.15, 0.2) is 18.2 Å². The molecule has 0 radical (unpaired) electrons. The third-order valence-corrected chi connectivity index (χ3v) is 5.23. The molecular weight excluding hydrogens is 400 g/mol. The molecule has 2 rings (SSSR count). The molecule has 2 nitrogen and oxygen atoms in total. The summed E-state index contributed by atoms with van der Waals surface area (Å²) in [6.07, 6.45) is -1.48. The second-order valence-electron chi connectivity index (χ2n) is 6.14. The van der Waals surface area contributed by atoms with Gasteiger partial charge in [0.25, 0.3) is 0 Å². The lowest BCUT2D eigenvalue weighted by molar-refractivity contribution is -0.145. The van der Waals surface area contributed by atoms with Gasteiger partial charge in [-0.15, -0.1) is 0 Å². The van der Waals surface area contributed by atoms with Gasteiger partial charge in [0.05, 0.1) is 20.6 Å². The van der Waals surface area contributed by atoms with Crippen LogP contribution in [0.3, 0.4) is 0 Å². The molecule has 0 spiro atoms. The molecule has 0 aromatic heterocycles. The zero-order valence-corrected chi connectivity index (χ0v) is 15.6. The van der Waals surface area contributed by atoms with Crippen LogP contribution in [0.5, 0.6) is 0 Å². The van der Waals surface area contributed by atoms with Gasteiger partial charge >= 0.3 is 12.1 Å². The fraction of sp³-hybridized carbons (Fsp3) is 0.471. The predicted octanol–water partition coefficient (Wildman–Crippen LogP) is 6.71. The van der Waals surface area contributed by atoms with Crippen molar-refractivity contribution < 1.29 is 22.7 Å². The van der Waals surface area contributed by atoms with E-state index in [2.05, 4.69) is 0 Å². The average molecular weight is 416 g/mol. The van der Waals surface area contributed by atoms with Crippen LogP contribution >= 0.6 is 34.8 Å². The maximum absolute atomic E-state index is 13.4. The van der Waals surface area contributed by atoms with Crippen molar-refractivity contribution in [1.29, 1.82) is 0 Å². The summed E-state index contributed by atoms with van der Waals surface area (Å²) in [4.78, 5) is 12.0. The van der Waals surface area contributed by atoms with E-state index in [0.29, 0.717) is 24.8 Å². The summed E-state index contributed by atoms with van der Waals surface area (Å²) >= 11 is 17.3. The topological polar surface area (TPSA) is 26.3 Å². The van der Waals surface area contributed by atoms with E-state index in [1.54, 1.807) is 0 Å². The van der Waals surface area contributed by atoms with E-state index >= 15 is 0 Å². The zero-order chi connectivity index (χ0) is 18.8. The minimum absolute atomic E-state index is 0.0487. The smallest absolute Gasteiger partial charge is 0.417 e. The number of esters is 1. The molecule has 2 atom stereocenters. The molecule has 1 aliphatic carbocycles. The standard InChI is InChI=1S/C17H16Cl3F3O2/c1-9-3-2-4-11(5-9)25-15(24)8-12(17(21,22)23)10-6-13(18)16(20)14(19)7-10/h6-9,11H,2-5H2,1H3/b12-8+. The van der Waals surface area contributed by atoms with E-state index in [-0.39, 0.29) is 26.7 Å². The van der Waals surface area contributed by atoms with Gasteiger partial charge in [0.15, 0.2) is 0 Å². The normalized spacial score (nSPS) is 22.0. The van der Waals surface area contributed by atoms with E-state index in [1.807, 2.05) is 6.92 Å². The zero-order valence-electron chi connectivity index (χ0n) is 13.3. The Balaban J connectivity index is 2.28. The first-order valence-electron chi connectivity index (χ1n) is 7.72. The van der Waals surface area contributed by atoms with Crippen molar-refractivity contribution in [3.63, 3.8) is 0 Å². The predicted molar refractivity (Wildman–Crippen MR) is 93.0 cm³/mol. The van der Waals surface area contributed by atoms with E-state index in [1.165, 1.54) is 0 Å². The Hall–Kier alpha value is -0.910. The second kappa shape index (κ2) is 8.19. The molecule has 138 valence electrons. The van der Waals surface area contributed by atoms with Gasteiger partial charge in [0.1, 0.15) is 6.10 Å². The van der Waals surface area contributed by atoms with Crippen LogP contribution in [0.1, 0.15) is 38.2 Å². The number of allylic oxidation sites excluding steroid dienone is 1. The molecule has 25 heavy (non-hydrogen) atoms. The Morgan fingerprint density at radius 2 is 1.80 bits per heavy atom. The van der Waals surface area contributed by atoms with Crippen LogP contribution < -0.4 is 0 Å². The number of benzene rings is 1. The summed E-state index contributed by atoms with van der Waals surface area (Å²) in [6.45, 7) is 2.02. The summed E-state index contributed by atoms with van der Waals surface area (Å²) in [5.41, 5.74) is -1.53. The van der Waals surface area contributed by atoms with Crippen molar-refractivity contribution >= 4 is 46.3 Å². The number of halogens is 6. The highest BCUT2D eigenvalue weighted by atomic mass is 35.5. The number of carbonyl (C=O) groups is 1. The van der Waals surface area contributed by atoms with E-state index < -0.39 is 17.7 Å². The van der Waals surface area contributed by atoms with E-state index in [9.17, 15) is 18.0 Å². The quantitative estimate of drug-likeness (QED) is 0.311. The van der Waals surface area contributed by atoms with Gasteiger partial charge in [0, 0.05) is 6.08 Å². The van der Waals surface area contributed by atoms with Crippen LogP contribution in [0.25, 0.3) is 5.57 Å². The third kappa shape index (κ3) is 5.53. The summed E-state index contributed by atoms with van der Waals surface area (Å²) in [5, 5.41) is -0.310. The monoisotopic (exact) mass is 414 g/mol. The van der Waals surface area contributed by atoms with Crippen molar-refractivity contribution in [2.45, 2.75) is 44.9 Å². The van der Waals surface area contributed by atoms with E-state index in [4.69, 9.17) is 39.5 Å². The molecule has 1 fully saturated rings. The highest BCUT2D eigenvalue weighted by molar-refractivity contribution is 6.48. The first-order valence-corrected chi connectivity index (χ1v) is 8.85. The lowest BCUT2D eigenvalue weighted by Crippen LogP contribution is -2.24. The first-order chi connectivity index (χ1) is 11.6. The van der Waals surface area contributed by atoms with Gasteiger partial charge in [-0.1, -0.05) is 48.1 Å². The minimum Gasteiger partial charge on any atom is -0.459 e. The number of rotatable bonds is 3. The summed E-state index contributed by atoms with van der Waals surface area (Å²) < 4.78 is 45.3. The fourth-order valence-corrected chi connectivity index (χ4v) is 3.44. The fourth-order valence-electron chi connectivity index (χ4n) is 2.84. The average Bonchev–Trinajstić information content (AvgIpc) is 2.48. The van der Waals surface area contributed by atoms with E-state index in [0.717, 1.165) is 25.0 Å². The number of hydrogen-bond donors (Lipinski definition) is 0. The van der Waals surface area contributed by atoms with Crippen LogP contribution in [-0.2, 0) is 9.53 Å². The molecule has 0 bridgehead atoms. The number of alkyl halides is 3. The van der Waals surface area contributed by atoms with Crippen molar-refractivity contribution in [3.8, 4) is 0 Å². The molecule has 1 aromatic carbocycles. The Labute approximate surface area is 158 Å². The Bertz CT molecular complexity index is 663. The van der Waals surface area contributed by atoms with Crippen LogP contribution in [0.2, 0.25) is 15.1 Å². The Morgan fingerprint density at radius 1 is 1.20 bits per heavy atom. The molecule has 0 N–H and O–H groups in total. The SMILES string of the molecule is CC1CCCC(OC(=O)/C=C(\c2cc(Cl)c(Cl)c(Cl)c2)C(F)(F)F)C1. The van der Waals surface area contributed by atoms with Gasteiger partial charge in [-0.3, -0.25) is 0 Å². The van der Waals surface area contributed by atoms with Crippen molar-refractivity contribution in [2.75, 3.05) is 0 Å². The highest BCUT2D eigenvalue weighted by Gasteiger charge is 2.36. The van der Waals surface area contributed by atoms with Crippen molar-refractivity contribution in [1.82, 2.24) is 0 Å². The Kier molecular flexibility index (Phi) is 6.68. The minimum atomic E-state index is -4.78. The molecule has 0 saturated heterocycles. The molecule has 0 amide bonds. The number of carbonyl (C=O) groups excluding carboxylic acids is 1. The Morgan fingerprint density at radius 3 is 2.32 bits per heavy atom. The molecule has 1 aliphatic rings. The first kappa shape index (κ1) is 20.4. The molecule has 2 unspecified atom stereocenters. The third-order valence-electron chi connectivity index (χ3n) is 4.03. The molecule has 0 aliphatic heterocycles. The van der Waals surface area contributed by atoms with Crippen LogP contribution in [-0.4, -0.2) is 18.2 Å². The van der Waals surface area contributed by atoms with Gasteiger partial charge in [-0.25, -0.2) is 4.79 Å². The maximum Gasteiger partial charge on any atom is 0.417 e. The van der Waals surface area contributed by atoms with Gasteiger partial charge in [-0.2, -0.15) is 13.2 Å². The second-order valence-corrected chi connectivity index (χ2v) is 7.33. The summed E-state index contributed by atoms with van der Waals surface area (Å²) in [5.74, 6) is -0.653. The van der Waals surface area contributed by atoms with Gasteiger partial charge in [-0.05, 0) is 42.9 Å². The van der Waals surface area contributed by atoms with Crippen LogP contribution in [0.4, 0.5) is 13.2 Å². The van der Waals surface area contributed by atoms with Crippen molar-refractivity contribution in [3.05, 3.63) is 38.8 Å². The van der Waals surface area contributed by atoms with Gasteiger partial charge in [0.2, 0.25) is 0 Å². The number of ether oxygens (including phenoxy) is 1. The van der Waals surface area contributed by atoms with Gasteiger partial charge < -0.3 is 4.74 Å². The highest BCUT2D eigenvalue weighted by Crippen LogP contribution is 2.39. The molecular formula is C17H16Cl3F3O2. The maximum atomic E-state index is 13.4. The lowest BCUT2D eigenvalue weighted by atomic mass is 9.89. The molecule has 1 aromatic rings. The van der Waals surface area contributed by atoms with Crippen molar-refractivity contribution in [2.24, 2.45) is 5.92 Å². The largest absolute Gasteiger partial charge is 0.459 e. The summed E-state index contributed by atoms with van der Waals surface area (Å²) in [6, 6.07) is 2.04. The lowest BCUT2D eigenvalue weighted by Gasteiger charge is -2.26. The molecule has 1 saturated carbocycles. The number of hydrogen-bond acceptors (Lipinski definition) is 2.